The molecule has 1 heterocycles. The molecule has 118 valence electrons. The fraction of sp³-hybridized carbons (Fsp3) is 0.0476. The Hall–Kier alpha value is -3.34. The number of nitriles is 2. The first-order valence-corrected chi connectivity index (χ1v) is 8.63. The van der Waals surface area contributed by atoms with Gasteiger partial charge in [-0.25, -0.2) is 0 Å². The SMILES string of the molecule is CN(c1ccc(C#N)cc1)c1cccc2c1sc1c(C#N)cccc12. The van der Waals surface area contributed by atoms with Crippen LogP contribution in [0.15, 0.2) is 60.7 Å². The minimum absolute atomic E-state index is 0.649. The summed E-state index contributed by atoms with van der Waals surface area (Å²) in [5.74, 6) is 0. The van der Waals surface area contributed by atoms with Crippen LogP contribution in [-0.2, 0) is 0 Å². The summed E-state index contributed by atoms with van der Waals surface area (Å²) in [6.07, 6.45) is 0. The van der Waals surface area contributed by atoms with Gasteiger partial charge >= 0.3 is 0 Å². The highest BCUT2D eigenvalue weighted by atomic mass is 32.1. The molecule has 0 aliphatic rings. The third kappa shape index (κ3) is 2.41. The summed E-state index contributed by atoms with van der Waals surface area (Å²) in [4.78, 5) is 2.12. The maximum Gasteiger partial charge on any atom is 0.101 e. The summed E-state index contributed by atoms with van der Waals surface area (Å²) in [5, 5.41) is 20.6. The molecule has 0 amide bonds. The molecule has 0 fully saturated rings. The molecule has 1 aromatic heterocycles. The van der Waals surface area contributed by atoms with Gasteiger partial charge in [-0.1, -0.05) is 24.3 Å². The fourth-order valence-electron chi connectivity index (χ4n) is 3.06. The standard InChI is InChI=1S/C21H13N3S/c1-24(16-10-8-14(12-22)9-11-16)19-7-3-6-18-17-5-2-4-15(13-23)20(17)25-21(18)19/h2-11H,1H3. The number of anilines is 2. The normalized spacial score (nSPS) is 10.5. The van der Waals surface area contributed by atoms with Gasteiger partial charge in [0.25, 0.3) is 0 Å². The summed E-state index contributed by atoms with van der Waals surface area (Å²) in [6.45, 7) is 0. The zero-order valence-corrected chi connectivity index (χ0v) is 14.3. The second kappa shape index (κ2) is 5.94. The van der Waals surface area contributed by atoms with Crippen molar-refractivity contribution in [2.75, 3.05) is 11.9 Å². The van der Waals surface area contributed by atoms with Crippen molar-refractivity contribution in [1.29, 1.82) is 10.5 Å². The molecule has 0 aliphatic heterocycles. The Kier molecular flexibility index (Phi) is 3.61. The summed E-state index contributed by atoms with van der Waals surface area (Å²) in [5.41, 5.74) is 3.47. The Balaban J connectivity index is 1.92. The van der Waals surface area contributed by atoms with E-state index in [-0.39, 0.29) is 0 Å². The Morgan fingerprint density at radius 2 is 1.48 bits per heavy atom. The molecule has 0 spiro atoms. The highest BCUT2D eigenvalue weighted by Gasteiger charge is 2.14. The van der Waals surface area contributed by atoms with Gasteiger partial charge in [-0.15, -0.1) is 11.3 Å². The van der Waals surface area contributed by atoms with Crippen LogP contribution >= 0.6 is 11.3 Å². The van der Waals surface area contributed by atoms with Crippen LogP contribution in [0.4, 0.5) is 11.4 Å². The van der Waals surface area contributed by atoms with E-state index >= 15 is 0 Å². The van der Waals surface area contributed by atoms with Gasteiger partial charge in [0.15, 0.2) is 0 Å². The van der Waals surface area contributed by atoms with E-state index in [2.05, 4.69) is 35.2 Å². The highest BCUT2D eigenvalue weighted by Crippen LogP contribution is 2.42. The molecular formula is C21H13N3S. The predicted octanol–water partition coefficient (Wildman–Crippen LogP) is 5.57. The van der Waals surface area contributed by atoms with E-state index in [0.717, 1.165) is 31.5 Å². The number of thiophene rings is 1. The predicted molar refractivity (Wildman–Crippen MR) is 103 cm³/mol. The van der Waals surface area contributed by atoms with Crippen LogP contribution in [0, 0.1) is 22.7 Å². The average Bonchev–Trinajstić information content (AvgIpc) is 3.06. The molecule has 4 aromatic rings. The summed E-state index contributed by atoms with van der Waals surface area (Å²) < 4.78 is 2.19. The molecule has 0 unspecified atom stereocenters. The largest absolute Gasteiger partial charge is 0.343 e. The van der Waals surface area contributed by atoms with E-state index in [4.69, 9.17) is 5.26 Å². The van der Waals surface area contributed by atoms with Crippen LogP contribution in [0.1, 0.15) is 11.1 Å². The number of hydrogen-bond donors (Lipinski definition) is 0. The first-order chi connectivity index (χ1) is 12.2. The van der Waals surface area contributed by atoms with Crippen molar-refractivity contribution in [1.82, 2.24) is 0 Å². The minimum Gasteiger partial charge on any atom is -0.343 e. The smallest absolute Gasteiger partial charge is 0.101 e. The van der Waals surface area contributed by atoms with Gasteiger partial charge in [-0.05, 0) is 36.4 Å². The van der Waals surface area contributed by atoms with Crippen molar-refractivity contribution in [2.24, 2.45) is 0 Å². The molecule has 3 nitrogen and oxygen atoms in total. The van der Waals surface area contributed by atoms with Crippen molar-refractivity contribution < 1.29 is 0 Å². The number of fused-ring (bicyclic) bond motifs is 3. The summed E-state index contributed by atoms with van der Waals surface area (Å²) in [7, 11) is 2.02. The number of hydrogen-bond acceptors (Lipinski definition) is 4. The summed E-state index contributed by atoms with van der Waals surface area (Å²) in [6, 6.07) is 24.1. The Labute approximate surface area is 149 Å². The monoisotopic (exact) mass is 339 g/mol. The van der Waals surface area contributed by atoms with Gasteiger partial charge < -0.3 is 4.90 Å². The van der Waals surface area contributed by atoms with Crippen molar-refractivity contribution in [3.8, 4) is 12.1 Å². The van der Waals surface area contributed by atoms with E-state index < -0.39 is 0 Å². The maximum atomic E-state index is 9.39. The second-order valence-corrected chi connectivity index (χ2v) is 6.79. The van der Waals surface area contributed by atoms with Gasteiger partial charge in [0.2, 0.25) is 0 Å². The molecule has 4 rings (SSSR count). The highest BCUT2D eigenvalue weighted by molar-refractivity contribution is 7.26. The fourth-order valence-corrected chi connectivity index (χ4v) is 4.37. The molecule has 3 aromatic carbocycles. The van der Waals surface area contributed by atoms with E-state index in [1.807, 2.05) is 49.5 Å². The molecule has 0 atom stereocenters. The number of rotatable bonds is 2. The Bertz CT molecular complexity index is 1170. The molecule has 0 radical (unpaired) electrons. The van der Waals surface area contributed by atoms with E-state index in [9.17, 15) is 5.26 Å². The van der Waals surface area contributed by atoms with Gasteiger partial charge in [0.1, 0.15) is 6.07 Å². The van der Waals surface area contributed by atoms with E-state index in [1.165, 1.54) is 0 Å². The van der Waals surface area contributed by atoms with Crippen LogP contribution < -0.4 is 4.90 Å². The van der Waals surface area contributed by atoms with Crippen molar-refractivity contribution in [2.45, 2.75) is 0 Å². The third-order valence-electron chi connectivity index (χ3n) is 4.37. The van der Waals surface area contributed by atoms with Crippen molar-refractivity contribution in [3.63, 3.8) is 0 Å². The van der Waals surface area contributed by atoms with Gasteiger partial charge in [0, 0.05) is 23.5 Å². The molecule has 0 saturated heterocycles. The third-order valence-corrected chi connectivity index (χ3v) is 5.65. The van der Waals surface area contributed by atoms with Gasteiger partial charge in [0.05, 0.1) is 32.3 Å². The number of nitrogens with zero attached hydrogens (tertiary/aromatic N) is 3. The second-order valence-electron chi connectivity index (χ2n) is 5.77. The van der Waals surface area contributed by atoms with Crippen LogP contribution in [0.25, 0.3) is 20.2 Å². The molecule has 0 bridgehead atoms. The topological polar surface area (TPSA) is 50.8 Å². The lowest BCUT2D eigenvalue weighted by Gasteiger charge is -2.20. The van der Waals surface area contributed by atoms with Crippen LogP contribution in [0.2, 0.25) is 0 Å². The van der Waals surface area contributed by atoms with Gasteiger partial charge in [-0.2, -0.15) is 10.5 Å². The van der Waals surface area contributed by atoms with E-state index in [1.54, 1.807) is 11.3 Å². The summed E-state index contributed by atoms with van der Waals surface area (Å²) >= 11 is 1.65. The Morgan fingerprint density at radius 1 is 0.800 bits per heavy atom. The lowest BCUT2D eigenvalue weighted by Crippen LogP contribution is -2.09. The minimum atomic E-state index is 0.649. The molecule has 0 aliphatic carbocycles. The lowest BCUT2D eigenvalue weighted by molar-refractivity contribution is 1.22. The number of benzene rings is 3. The average molecular weight is 339 g/mol. The molecule has 0 saturated carbocycles. The van der Waals surface area contributed by atoms with Crippen molar-refractivity contribution >= 4 is 42.9 Å². The maximum absolute atomic E-state index is 9.39. The zero-order chi connectivity index (χ0) is 17.4. The molecule has 25 heavy (non-hydrogen) atoms. The van der Waals surface area contributed by atoms with Crippen LogP contribution in [0.5, 0.6) is 0 Å². The van der Waals surface area contributed by atoms with Gasteiger partial charge in [-0.3, -0.25) is 0 Å². The van der Waals surface area contributed by atoms with Crippen molar-refractivity contribution in [3.05, 3.63) is 71.8 Å². The van der Waals surface area contributed by atoms with E-state index in [0.29, 0.717) is 11.1 Å². The molecular weight excluding hydrogens is 326 g/mol. The molecule has 0 N–H and O–H groups in total. The molecule has 4 heteroatoms. The quantitative estimate of drug-likeness (QED) is 0.480. The first-order valence-electron chi connectivity index (χ1n) is 7.81. The van der Waals surface area contributed by atoms with Crippen LogP contribution in [0.3, 0.4) is 0 Å². The first kappa shape index (κ1) is 15.2. The zero-order valence-electron chi connectivity index (χ0n) is 13.5. The lowest BCUT2D eigenvalue weighted by atomic mass is 10.1. The van der Waals surface area contributed by atoms with Crippen LogP contribution in [-0.4, -0.2) is 7.05 Å². The Morgan fingerprint density at radius 3 is 2.16 bits per heavy atom.